The Hall–Kier alpha value is -2.17. The average Bonchev–Trinajstić information content (AvgIpc) is 2.69. The standard InChI is InChI=1S/C14H17N3O2/c1-5-12-10(4)14(19-17-12)16-13(18)11-6-8(2)15-9(3)7-11/h6-7H,5H2,1-4H3,(H,16,18). The molecule has 2 aromatic heterocycles. The zero-order chi connectivity index (χ0) is 14.0. The summed E-state index contributed by atoms with van der Waals surface area (Å²) in [5, 5.41) is 6.65. The molecule has 0 aliphatic heterocycles. The molecule has 0 bridgehead atoms. The molecule has 0 saturated heterocycles. The second-order valence-corrected chi connectivity index (χ2v) is 4.53. The number of hydrogen-bond acceptors (Lipinski definition) is 4. The van der Waals surface area contributed by atoms with Crippen LogP contribution in [0.1, 0.15) is 39.9 Å². The Kier molecular flexibility index (Phi) is 3.64. The van der Waals surface area contributed by atoms with Gasteiger partial charge in [0.25, 0.3) is 5.91 Å². The van der Waals surface area contributed by atoms with Gasteiger partial charge < -0.3 is 4.52 Å². The number of aromatic nitrogens is 2. The first-order chi connectivity index (χ1) is 9.01. The first kappa shape index (κ1) is 13.3. The van der Waals surface area contributed by atoms with Crippen LogP contribution in [0.25, 0.3) is 0 Å². The van der Waals surface area contributed by atoms with Crippen LogP contribution in [0, 0.1) is 20.8 Å². The van der Waals surface area contributed by atoms with Gasteiger partial charge in [0.05, 0.1) is 5.69 Å². The highest BCUT2D eigenvalue weighted by Gasteiger charge is 2.15. The van der Waals surface area contributed by atoms with Gasteiger partial charge in [0, 0.05) is 22.5 Å². The summed E-state index contributed by atoms with van der Waals surface area (Å²) in [4.78, 5) is 16.4. The lowest BCUT2D eigenvalue weighted by molar-refractivity contribution is 0.102. The summed E-state index contributed by atoms with van der Waals surface area (Å²) in [5.74, 6) is 0.199. The maximum Gasteiger partial charge on any atom is 0.258 e. The number of hydrogen-bond donors (Lipinski definition) is 1. The normalized spacial score (nSPS) is 10.5. The van der Waals surface area contributed by atoms with Crippen LogP contribution < -0.4 is 5.32 Å². The molecule has 0 aliphatic rings. The predicted molar refractivity (Wildman–Crippen MR) is 72.3 cm³/mol. The summed E-state index contributed by atoms with van der Waals surface area (Å²) >= 11 is 0. The maximum atomic E-state index is 12.1. The van der Waals surface area contributed by atoms with Gasteiger partial charge in [-0.2, -0.15) is 0 Å². The molecule has 0 radical (unpaired) electrons. The van der Waals surface area contributed by atoms with Crippen molar-refractivity contribution in [2.45, 2.75) is 34.1 Å². The van der Waals surface area contributed by atoms with Gasteiger partial charge in [-0.3, -0.25) is 15.1 Å². The summed E-state index contributed by atoms with van der Waals surface area (Å²) < 4.78 is 5.14. The highest BCUT2D eigenvalue weighted by molar-refractivity contribution is 6.04. The highest BCUT2D eigenvalue weighted by atomic mass is 16.5. The molecule has 0 aliphatic carbocycles. The number of aryl methyl sites for hydroxylation is 3. The van der Waals surface area contributed by atoms with E-state index >= 15 is 0 Å². The zero-order valence-corrected chi connectivity index (χ0v) is 11.6. The zero-order valence-electron chi connectivity index (χ0n) is 11.6. The fourth-order valence-corrected chi connectivity index (χ4v) is 1.96. The van der Waals surface area contributed by atoms with Crippen LogP contribution in [-0.4, -0.2) is 16.0 Å². The molecule has 0 unspecified atom stereocenters. The van der Waals surface area contributed by atoms with Crippen molar-refractivity contribution in [3.05, 3.63) is 40.3 Å². The molecule has 5 heteroatoms. The Bertz CT molecular complexity index is 597. The van der Waals surface area contributed by atoms with E-state index in [1.165, 1.54) is 0 Å². The van der Waals surface area contributed by atoms with Crippen LogP contribution in [0.4, 0.5) is 5.88 Å². The van der Waals surface area contributed by atoms with Crippen LogP contribution in [0.2, 0.25) is 0 Å². The monoisotopic (exact) mass is 259 g/mol. The van der Waals surface area contributed by atoms with Crippen LogP contribution in [0.15, 0.2) is 16.7 Å². The third-order valence-corrected chi connectivity index (χ3v) is 2.93. The molecule has 0 aromatic carbocycles. The van der Waals surface area contributed by atoms with Crippen molar-refractivity contribution in [1.82, 2.24) is 10.1 Å². The molecule has 0 fully saturated rings. The van der Waals surface area contributed by atoms with Crippen LogP contribution in [-0.2, 0) is 6.42 Å². The van der Waals surface area contributed by atoms with Crippen molar-refractivity contribution < 1.29 is 9.32 Å². The van der Waals surface area contributed by atoms with Crippen molar-refractivity contribution in [3.63, 3.8) is 0 Å². The van der Waals surface area contributed by atoms with Crippen molar-refractivity contribution in [2.24, 2.45) is 0 Å². The van der Waals surface area contributed by atoms with Crippen LogP contribution in [0.5, 0.6) is 0 Å². The van der Waals surface area contributed by atoms with Crippen molar-refractivity contribution in [3.8, 4) is 0 Å². The molecule has 0 atom stereocenters. The van der Waals surface area contributed by atoms with Gasteiger partial charge in [0.1, 0.15) is 0 Å². The van der Waals surface area contributed by atoms with Gasteiger partial charge in [0.15, 0.2) is 0 Å². The molecule has 0 saturated carbocycles. The summed E-state index contributed by atoms with van der Waals surface area (Å²) in [6.07, 6.45) is 0.776. The lowest BCUT2D eigenvalue weighted by Crippen LogP contribution is -2.13. The summed E-state index contributed by atoms with van der Waals surface area (Å²) in [6, 6.07) is 3.49. The van der Waals surface area contributed by atoms with Gasteiger partial charge in [-0.1, -0.05) is 12.1 Å². The van der Waals surface area contributed by atoms with E-state index in [0.717, 1.165) is 29.1 Å². The molecule has 2 rings (SSSR count). The lowest BCUT2D eigenvalue weighted by atomic mass is 10.2. The second kappa shape index (κ2) is 5.22. The largest absolute Gasteiger partial charge is 0.338 e. The van der Waals surface area contributed by atoms with Gasteiger partial charge in [-0.05, 0) is 39.3 Å². The van der Waals surface area contributed by atoms with E-state index in [2.05, 4.69) is 15.5 Å². The number of nitrogens with one attached hydrogen (secondary N) is 1. The number of pyridine rings is 1. The highest BCUT2D eigenvalue weighted by Crippen LogP contribution is 2.19. The van der Waals surface area contributed by atoms with E-state index in [4.69, 9.17) is 4.52 Å². The smallest absolute Gasteiger partial charge is 0.258 e. The molecule has 5 nitrogen and oxygen atoms in total. The molecule has 100 valence electrons. The molecule has 2 heterocycles. The van der Waals surface area contributed by atoms with E-state index in [1.54, 1.807) is 12.1 Å². The quantitative estimate of drug-likeness (QED) is 0.920. The lowest BCUT2D eigenvalue weighted by Gasteiger charge is -2.04. The molecule has 0 spiro atoms. The molecular weight excluding hydrogens is 242 g/mol. The van der Waals surface area contributed by atoms with Crippen molar-refractivity contribution in [1.29, 1.82) is 0 Å². The first-order valence-electron chi connectivity index (χ1n) is 6.23. The Morgan fingerprint density at radius 1 is 1.26 bits per heavy atom. The van der Waals surface area contributed by atoms with E-state index in [0.29, 0.717) is 11.4 Å². The Morgan fingerprint density at radius 3 is 2.42 bits per heavy atom. The minimum Gasteiger partial charge on any atom is -0.338 e. The Morgan fingerprint density at radius 2 is 1.89 bits per heavy atom. The average molecular weight is 259 g/mol. The third-order valence-electron chi connectivity index (χ3n) is 2.93. The van der Waals surface area contributed by atoms with Crippen molar-refractivity contribution in [2.75, 3.05) is 5.32 Å². The predicted octanol–water partition coefficient (Wildman–Crippen LogP) is 2.81. The van der Waals surface area contributed by atoms with Crippen LogP contribution >= 0.6 is 0 Å². The molecular formula is C14H17N3O2. The first-order valence-corrected chi connectivity index (χ1v) is 6.23. The number of carbonyl (C=O) groups is 1. The topological polar surface area (TPSA) is 68.0 Å². The van der Waals surface area contributed by atoms with E-state index in [9.17, 15) is 4.79 Å². The molecule has 19 heavy (non-hydrogen) atoms. The minimum atomic E-state index is -0.212. The number of carbonyl (C=O) groups excluding carboxylic acids is 1. The minimum absolute atomic E-state index is 0.212. The number of amides is 1. The third kappa shape index (κ3) is 2.81. The van der Waals surface area contributed by atoms with E-state index in [1.807, 2.05) is 27.7 Å². The summed E-state index contributed by atoms with van der Waals surface area (Å²) in [6.45, 7) is 7.59. The number of rotatable bonds is 3. The van der Waals surface area contributed by atoms with Gasteiger partial charge >= 0.3 is 0 Å². The van der Waals surface area contributed by atoms with E-state index in [-0.39, 0.29) is 5.91 Å². The Balaban J connectivity index is 2.23. The molecule has 1 N–H and O–H groups in total. The molecule has 1 amide bonds. The van der Waals surface area contributed by atoms with E-state index < -0.39 is 0 Å². The van der Waals surface area contributed by atoms with Gasteiger partial charge in [0.2, 0.25) is 5.88 Å². The summed E-state index contributed by atoms with van der Waals surface area (Å²) in [7, 11) is 0. The summed E-state index contributed by atoms with van der Waals surface area (Å²) in [5.41, 5.74) is 3.93. The van der Waals surface area contributed by atoms with Crippen LogP contribution in [0.3, 0.4) is 0 Å². The maximum absolute atomic E-state index is 12.1. The fourth-order valence-electron chi connectivity index (χ4n) is 1.96. The Labute approximate surface area is 112 Å². The number of anilines is 1. The second-order valence-electron chi connectivity index (χ2n) is 4.53. The fraction of sp³-hybridized carbons (Fsp3) is 0.357. The number of nitrogens with zero attached hydrogens (tertiary/aromatic N) is 2. The van der Waals surface area contributed by atoms with Gasteiger partial charge in [-0.25, -0.2) is 0 Å². The SMILES string of the molecule is CCc1noc(NC(=O)c2cc(C)nc(C)c2)c1C. The van der Waals surface area contributed by atoms with Crippen molar-refractivity contribution >= 4 is 11.8 Å². The molecule has 2 aromatic rings. The van der Waals surface area contributed by atoms with Gasteiger partial charge in [-0.15, -0.1) is 0 Å².